The van der Waals surface area contributed by atoms with Crippen molar-refractivity contribution < 1.29 is 15.0 Å². The van der Waals surface area contributed by atoms with Crippen LogP contribution in [0, 0.1) is 11.5 Å². The van der Waals surface area contributed by atoms with E-state index in [-0.39, 0.29) is 12.5 Å². The Morgan fingerprint density at radius 3 is 2.32 bits per heavy atom. The second-order valence-electron chi connectivity index (χ2n) is 5.94. The first kappa shape index (κ1) is 20.7. The van der Waals surface area contributed by atoms with Crippen molar-refractivity contribution in [2.45, 2.75) is 83.7 Å². The highest BCUT2D eigenvalue weighted by atomic mass is 16.4. The smallest absolute Gasteiger partial charge is 0.303 e. The molecule has 0 saturated carbocycles. The van der Waals surface area contributed by atoms with Crippen LogP contribution in [0.3, 0.4) is 0 Å². The van der Waals surface area contributed by atoms with Gasteiger partial charge in [-0.05, 0) is 32.1 Å². The third kappa shape index (κ3) is 13.7. The first-order chi connectivity index (χ1) is 10.6. The SMILES string of the molecule is CCCCC[C@H](O)CCCN(C#N)CCCCCCC(=O)O. The van der Waals surface area contributed by atoms with Gasteiger partial charge in [0.15, 0.2) is 6.19 Å². The molecule has 1 atom stereocenters. The molecule has 0 bridgehead atoms. The number of nitrogens with zero attached hydrogens (tertiary/aromatic N) is 2. The summed E-state index contributed by atoms with van der Waals surface area (Å²) in [5, 5.41) is 27.4. The fraction of sp³-hybridized carbons (Fsp3) is 0.882. The summed E-state index contributed by atoms with van der Waals surface area (Å²) in [7, 11) is 0. The molecule has 0 aromatic rings. The minimum atomic E-state index is -0.740. The Morgan fingerprint density at radius 1 is 1.05 bits per heavy atom. The van der Waals surface area contributed by atoms with E-state index in [9.17, 15) is 9.90 Å². The molecule has 0 aliphatic carbocycles. The fourth-order valence-corrected chi connectivity index (χ4v) is 2.44. The second kappa shape index (κ2) is 14.6. The lowest BCUT2D eigenvalue weighted by Gasteiger charge is -2.16. The summed E-state index contributed by atoms with van der Waals surface area (Å²) in [6.45, 7) is 3.59. The number of nitriles is 1. The maximum Gasteiger partial charge on any atom is 0.303 e. The van der Waals surface area contributed by atoms with Gasteiger partial charge in [0.05, 0.1) is 6.10 Å². The van der Waals surface area contributed by atoms with Crippen LogP contribution in [0.1, 0.15) is 77.6 Å². The summed E-state index contributed by atoms with van der Waals surface area (Å²) < 4.78 is 0. The van der Waals surface area contributed by atoms with Crippen molar-refractivity contribution in [1.29, 1.82) is 5.26 Å². The van der Waals surface area contributed by atoms with Gasteiger partial charge in [0.25, 0.3) is 0 Å². The minimum Gasteiger partial charge on any atom is -0.481 e. The fourth-order valence-electron chi connectivity index (χ4n) is 2.44. The Balaban J connectivity index is 3.54. The summed E-state index contributed by atoms with van der Waals surface area (Å²) in [5.41, 5.74) is 0. The van der Waals surface area contributed by atoms with Crippen molar-refractivity contribution in [2.75, 3.05) is 13.1 Å². The molecule has 0 amide bonds. The number of aliphatic hydroxyl groups excluding tert-OH is 1. The summed E-state index contributed by atoms with van der Waals surface area (Å²) in [4.78, 5) is 12.1. The lowest BCUT2D eigenvalue weighted by molar-refractivity contribution is -0.137. The van der Waals surface area contributed by atoms with Crippen LogP contribution in [-0.2, 0) is 4.79 Å². The van der Waals surface area contributed by atoms with Crippen LogP contribution in [0.15, 0.2) is 0 Å². The van der Waals surface area contributed by atoms with Crippen molar-refractivity contribution in [3.63, 3.8) is 0 Å². The van der Waals surface area contributed by atoms with Crippen LogP contribution >= 0.6 is 0 Å². The molecule has 2 N–H and O–H groups in total. The molecule has 0 radical (unpaired) electrons. The van der Waals surface area contributed by atoms with Crippen LogP contribution in [0.5, 0.6) is 0 Å². The molecule has 5 heteroatoms. The maximum atomic E-state index is 10.4. The monoisotopic (exact) mass is 312 g/mol. The van der Waals surface area contributed by atoms with Crippen LogP contribution in [0.2, 0.25) is 0 Å². The number of carboxylic acid groups (broad SMARTS) is 1. The number of rotatable bonds is 15. The van der Waals surface area contributed by atoms with E-state index in [1.54, 1.807) is 4.90 Å². The van der Waals surface area contributed by atoms with E-state index in [4.69, 9.17) is 10.4 Å². The molecule has 128 valence electrons. The highest BCUT2D eigenvalue weighted by Gasteiger charge is 2.06. The van der Waals surface area contributed by atoms with Crippen molar-refractivity contribution in [3.05, 3.63) is 0 Å². The van der Waals surface area contributed by atoms with Crippen molar-refractivity contribution in [3.8, 4) is 6.19 Å². The van der Waals surface area contributed by atoms with Gasteiger partial charge in [0.1, 0.15) is 0 Å². The molecule has 0 aromatic carbocycles. The molecule has 22 heavy (non-hydrogen) atoms. The average molecular weight is 312 g/mol. The van der Waals surface area contributed by atoms with E-state index in [1.165, 1.54) is 12.8 Å². The molecule has 0 fully saturated rings. The second-order valence-corrected chi connectivity index (χ2v) is 5.94. The quantitative estimate of drug-likeness (QED) is 0.274. The summed E-state index contributed by atoms with van der Waals surface area (Å²) in [6.07, 6.45) is 11.6. The highest BCUT2D eigenvalue weighted by molar-refractivity contribution is 5.66. The number of carboxylic acids is 1. The van der Waals surface area contributed by atoms with Gasteiger partial charge < -0.3 is 15.1 Å². The molecule has 0 aliphatic rings. The maximum absolute atomic E-state index is 10.4. The number of aliphatic hydroxyl groups is 1. The predicted octanol–water partition coefficient (Wildman–Crippen LogP) is 3.53. The van der Waals surface area contributed by atoms with E-state index in [2.05, 4.69) is 13.1 Å². The van der Waals surface area contributed by atoms with Crippen molar-refractivity contribution >= 4 is 5.97 Å². The minimum absolute atomic E-state index is 0.233. The summed E-state index contributed by atoms with van der Waals surface area (Å²) >= 11 is 0. The Morgan fingerprint density at radius 2 is 1.68 bits per heavy atom. The van der Waals surface area contributed by atoms with Gasteiger partial charge in [-0.1, -0.05) is 39.0 Å². The Kier molecular flexibility index (Phi) is 13.8. The van der Waals surface area contributed by atoms with E-state index in [0.717, 1.165) is 51.5 Å². The standard InChI is InChI=1S/C17H32N2O3/c1-2-3-6-10-16(20)11-9-14-19(15-18)13-8-5-4-7-12-17(21)22/h16,20H,2-14H2,1H3,(H,21,22)/t16-/m0/s1. The third-order valence-corrected chi connectivity index (χ3v) is 3.82. The van der Waals surface area contributed by atoms with Crippen LogP contribution < -0.4 is 0 Å². The lowest BCUT2D eigenvalue weighted by atomic mass is 10.1. The highest BCUT2D eigenvalue weighted by Crippen LogP contribution is 2.09. The van der Waals surface area contributed by atoms with Crippen LogP contribution in [0.4, 0.5) is 0 Å². The first-order valence-corrected chi connectivity index (χ1v) is 8.64. The molecule has 0 saturated heterocycles. The lowest BCUT2D eigenvalue weighted by Crippen LogP contribution is -2.21. The number of carbonyl (C=O) groups is 1. The van der Waals surface area contributed by atoms with E-state index < -0.39 is 5.97 Å². The third-order valence-electron chi connectivity index (χ3n) is 3.82. The van der Waals surface area contributed by atoms with Crippen molar-refractivity contribution in [2.24, 2.45) is 0 Å². The Labute approximate surface area is 134 Å². The molecule has 0 aliphatic heterocycles. The average Bonchev–Trinajstić information content (AvgIpc) is 2.48. The molecule has 0 spiro atoms. The molecule has 0 heterocycles. The Bertz CT molecular complexity index is 316. The van der Waals surface area contributed by atoms with Gasteiger partial charge in [-0.3, -0.25) is 4.79 Å². The molecule has 0 aromatic heterocycles. The predicted molar refractivity (Wildman–Crippen MR) is 87.3 cm³/mol. The zero-order valence-corrected chi connectivity index (χ0v) is 14.0. The normalized spacial score (nSPS) is 11.9. The number of unbranched alkanes of at least 4 members (excludes halogenated alkanes) is 5. The van der Waals surface area contributed by atoms with Gasteiger partial charge in [-0.25, -0.2) is 0 Å². The molecular formula is C17H32N2O3. The van der Waals surface area contributed by atoms with Gasteiger partial charge in [0.2, 0.25) is 0 Å². The van der Waals surface area contributed by atoms with E-state index in [0.29, 0.717) is 13.0 Å². The number of aliphatic carboxylic acids is 1. The van der Waals surface area contributed by atoms with E-state index >= 15 is 0 Å². The van der Waals surface area contributed by atoms with Gasteiger partial charge in [-0.2, -0.15) is 5.26 Å². The zero-order chi connectivity index (χ0) is 16.6. The van der Waals surface area contributed by atoms with Gasteiger partial charge in [0, 0.05) is 19.5 Å². The molecule has 0 rings (SSSR count). The Hall–Kier alpha value is -1.28. The molecule has 0 unspecified atom stereocenters. The number of hydrogen-bond donors (Lipinski definition) is 2. The van der Waals surface area contributed by atoms with Crippen LogP contribution in [0.25, 0.3) is 0 Å². The molecule has 5 nitrogen and oxygen atoms in total. The van der Waals surface area contributed by atoms with Gasteiger partial charge >= 0.3 is 5.97 Å². The van der Waals surface area contributed by atoms with Crippen LogP contribution in [-0.4, -0.2) is 40.3 Å². The largest absolute Gasteiger partial charge is 0.481 e. The summed E-state index contributed by atoms with van der Waals surface area (Å²) in [6, 6.07) is 0. The zero-order valence-electron chi connectivity index (χ0n) is 14.0. The summed E-state index contributed by atoms with van der Waals surface area (Å²) in [5.74, 6) is -0.740. The number of hydrogen-bond acceptors (Lipinski definition) is 4. The van der Waals surface area contributed by atoms with E-state index in [1.807, 2.05) is 0 Å². The molecular weight excluding hydrogens is 280 g/mol. The topological polar surface area (TPSA) is 84.6 Å². The van der Waals surface area contributed by atoms with Crippen molar-refractivity contribution in [1.82, 2.24) is 4.90 Å². The first-order valence-electron chi connectivity index (χ1n) is 8.64. The van der Waals surface area contributed by atoms with Gasteiger partial charge in [-0.15, -0.1) is 0 Å².